The Labute approximate surface area is 170 Å². The molecular weight excluding hydrogens is 398 g/mol. The number of nitro groups is 1. The first kappa shape index (κ1) is 19.9. The Morgan fingerprint density at radius 3 is 2.76 bits per heavy atom. The van der Waals surface area contributed by atoms with Crippen molar-refractivity contribution in [2.45, 2.75) is 13.5 Å². The third kappa shape index (κ3) is 4.72. The molecule has 0 spiro atoms. The van der Waals surface area contributed by atoms with Crippen molar-refractivity contribution >= 4 is 28.9 Å². The van der Waals surface area contributed by atoms with Gasteiger partial charge in [-0.05, 0) is 48.9 Å². The fourth-order valence-corrected chi connectivity index (χ4v) is 2.76. The number of nitrogens with zero attached hydrogens (tertiary/aromatic N) is 2. The van der Waals surface area contributed by atoms with Crippen molar-refractivity contribution in [1.29, 1.82) is 5.26 Å². The van der Waals surface area contributed by atoms with Crippen LogP contribution in [-0.4, -0.2) is 10.8 Å². The number of ether oxygens (including phenoxy) is 1. The van der Waals surface area contributed by atoms with Crippen molar-refractivity contribution in [3.63, 3.8) is 0 Å². The summed E-state index contributed by atoms with van der Waals surface area (Å²) < 4.78 is 11.2. The number of carbonyl (C=O) groups excluding carboxylic acids is 1. The number of nitro benzene ring substituents is 1. The van der Waals surface area contributed by atoms with Crippen LogP contribution in [0, 0.1) is 28.4 Å². The minimum Gasteiger partial charge on any atom is -0.485 e. The van der Waals surface area contributed by atoms with Crippen LogP contribution in [0.1, 0.15) is 27.4 Å². The summed E-state index contributed by atoms with van der Waals surface area (Å²) >= 11 is 5.91. The number of halogens is 1. The van der Waals surface area contributed by atoms with Crippen LogP contribution < -0.4 is 10.1 Å². The predicted octanol–water partition coefficient (Wildman–Crippen LogP) is 4.85. The van der Waals surface area contributed by atoms with Gasteiger partial charge in [0.2, 0.25) is 0 Å². The zero-order valence-electron chi connectivity index (χ0n) is 15.1. The molecule has 3 aromatic rings. The van der Waals surface area contributed by atoms with Crippen molar-refractivity contribution in [3.8, 4) is 11.8 Å². The second-order valence-electron chi connectivity index (χ2n) is 6.02. The van der Waals surface area contributed by atoms with E-state index in [0.29, 0.717) is 16.5 Å². The van der Waals surface area contributed by atoms with Gasteiger partial charge in [-0.1, -0.05) is 11.6 Å². The molecule has 0 saturated heterocycles. The Morgan fingerprint density at radius 1 is 1.28 bits per heavy atom. The minimum atomic E-state index is -0.617. The molecule has 29 heavy (non-hydrogen) atoms. The smallest absolute Gasteiger partial charge is 0.291 e. The molecule has 0 atom stereocenters. The molecule has 1 heterocycles. The van der Waals surface area contributed by atoms with Gasteiger partial charge in [0.05, 0.1) is 16.2 Å². The Hall–Kier alpha value is -3.83. The maximum atomic E-state index is 12.4. The van der Waals surface area contributed by atoms with Crippen molar-refractivity contribution in [2.75, 3.05) is 5.32 Å². The van der Waals surface area contributed by atoms with E-state index in [0.717, 1.165) is 11.6 Å². The normalized spacial score (nSPS) is 10.2. The average Bonchev–Trinajstić information content (AvgIpc) is 3.16. The Morgan fingerprint density at radius 2 is 2.07 bits per heavy atom. The largest absolute Gasteiger partial charge is 0.485 e. The van der Waals surface area contributed by atoms with E-state index in [-0.39, 0.29) is 29.3 Å². The summed E-state index contributed by atoms with van der Waals surface area (Å²) in [6.07, 6.45) is 0. The van der Waals surface area contributed by atoms with Crippen molar-refractivity contribution in [3.05, 3.63) is 86.3 Å². The lowest BCUT2D eigenvalue weighted by atomic mass is 10.1. The average molecular weight is 412 g/mol. The number of nitriles is 1. The number of amides is 1. The van der Waals surface area contributed by atoms with Gasteiger partial charge in [-0.15, -0.1) is 0 Å². The van der Waals surface area contributed by atoms with Crippen molar-refractivity contribution in [1.82, 2.24) is 0 Å². The van der Waals surface area contributed by atoms with Gasteiger partial charge < -0.3 is 14.5 Å². The molecule has 8 nitrogen and oxygen atoms in total. The Kier molecular flexibility index (Phi) is 5.81. The maximum Gasteiger partial charge on any atom is 0.291 e. The number of hydrogen-bond donors (Lipinski definition) is 1. The number of hydrogen-bond acceptors (Lipinski definition) is 6. The lowest BCUT2D eigenvalue weighted by Gasteiger charge is -2.08. The molecule has 9 heteroatoms. The van der Waals surface area contributed by atoms with Gasteiger partial charge in [0.15, 0.2) is 5.76 Å². The van der Waals surface area contributed by atoms with Gasteiger partial charge in [0.1, 0.15) is 24.2 Å². The number of aryl methyl sites for hydroxylation is 1. The van der Waals surface area contributed by atoms with Crippen molar-refractivity contribution in [2.24, 2.45) is 0 Å². The molecule has 146 valence electrons. The van der Waals surface area contributed by atoms with Crippen LogP contribution in [0.5, 0.6) is 5.75 Å². The van der Waals surface area contributed by atoms with E-state index >= 15 is 0 Å². The van der Waals surface area contributed by atoms with Crippen LogP contribution >= 0.6 is 11.6 Å². The van der Waals surface area contributed by atoms with E-state index in [2.05, 4.69) is 5.32 Å². The fourth-order valence-electron chi connectivity index (χ4n) is 2.53. The number of nitrogens with one attached hydrogen (secondary N) is 1. The highest BCUT2D eigenvalue weighted by molar-refractivity contribution is 6.30. The maximum absolute atomic E-state index is 12.4. The molecule has 0 fully saturated rings. The molecule has 1 aromatic heterocycles. The molecule has 3 rings (SSSR count). The van der Waals surface area contributed by atoms with Gasteiger partial charge in [-0.25, -0.2) is 0 Å². The number of carbonyl (C=O) groups is 1. The van der Waals surface area contributed by atoms with Crippen LogP contribution in [0.3, 0.4) is 0 Å². The third-order valence-corrected chi connectivity index (χ3v) is 4.21. The number of anilines is 1. The number of rotatable bonds is 6. The molecule has 0 aliphatic heterocycles. The van der Waals surface area contributed by atoms with Gasteiger partial charge >= 0.3 is 0 Å². The topological polar surface area (TPSA) is 118 Å². The lowest BCUT2D eigenvalue weighted by molar-refractivity contribution is -0.384. The molecule has 0 unspecified atom stereocenters. The van der Waals surface area contributed by atoms with Gasteiger partial charge in [0, 0.05) is 17.2 Å². The fraction of sp³-hybridized carbons (Fsp3) is 0.100. The van der Waals surface area contributed by atoms with Crippen molar-refractivity contribution < 1.29 is 18.9 Å². The SMILES string of the molecule is Cc1cc(Cl)ccc1OCc1ccc(C(=O)Nc2ccc([N+](=O)[O-])cc2C#N)o1. The second kappa shape index (κ2) is 8.46. The highest BCUT2D eigenvalue weighted by atomic mass is 35.5. The van der Waals surface area contributed by atoms with Gasteiger partial charge in [0.25, 0.3) is 11.6 Å². The van der Waals surface area contributed by atoms with E-state index in [4.69, 9.17) is 26.0 Å². The highest BCUT2D eigenvalue weighted by Gasteiger charge is 2.16. The predicted molar refractivity (Wildman–Crippen MR) is 105 cm³/mol. The molecule has 0 aliphatic rings. The van der Waals surface area contributed by atoms with Crippen LogP contribution in [0.25, 0.3) is 0 Å². The zero-order valence-corrected chi connectivity index (χ0v) is 15.9. The van der Waals surface area contributed by atoms with Crippen LogP contribution in [0.2, 0.25) is 5.02 Å². The highest BCUT2D eigenvalue weighted by Crippen LogP contribution is 2.24. The van der Waals surface area contributed by atoms with E-state index in [1.807, 2.05) is 13.0 Å². The summed E-state index contributed by atoms with van der Waals surface area (Å²) in [7, 11) is 0. The van der Waals surface area contributed by atoms with Crippen LogP contribution in [0.15, 0.2) is 52.9 Å². The summed E-state index contributed by atoms with van der Waals surface area (Å²) in [6, 6.07) is 13.7. The summed E-state index contributed by atoms with van der Waals surface area (Å²) in [5.41, 5.74) is 0.744. The molecule has 0 bridgehead atoms. The third-order valence-electron chi connectivity index (χ3n) is 3.97. The molecule has 0 aliphatic carbocycles. The zero-order chi connectivity index (χ0) is 21.0. The number of furan rings is 1. The van der Waals surface area contributed by atoms with Gasteiger partial charge in [-0.2, -0.15) is 5.26 Å². The second-order valence-corrected chi connectivity index (χ2v) is 6.45. The molecule has 1 N–H and O–H groups in total. The first-order chi connectivity index (χ1) is 13.9. The monoisotopic (exact) mass is 411 g/mol. The number of non-ortho nitro benzene ring substituents is 1. The number of benzene rings is 2. The van der Waals surface area contributed by atoms with E-state index < -0.39 is 10.8 Å². The van der Waals surface area contributed by atoms with Gasteiger partial charge in [-0.3, -0.25) is 14.9 Å². The van der Waals surface area contributed by atoms with E-state index in [1.165, 1.54) is 18.2 Å². The molecule has 0 saturated carbocycles. The summed E-state index contributed by atoms with van der Waals surface area (Å²) in [5, 5.41) is 23.1. The Balaban J connectivity index is 1.68. The van der Waals surface area contributed by atoms with E-state index in [1.54, 1.807) is 24.3 Å². The molecule has 2 aromatic carbocycles. The summed E-state index contributed by atoms with van der Waals surface area (Å²) in [4.78, 5) is 22.6. The summed E-state index contributed by atoms with van der Waals surface area (Å²) in [5.74, 6) is 0.484. The molecule has 0 radical (unpaired) electrons. The quantitative estimate of drug-likeness (QED) is 0.457. The summed E-state index contributed by atoms with van der Waals surface area (Å²) in [6.45, 7) is 1.97. The first-order valence-corrected chi connectivity index (χ1v) is 8.72. The standard InChI is InChI=1S/C20H14ClN3O5/c1-12-8-14(21)2-6-18(12)28-11-16-4-7-19(29-16)20(25)23-17-5-3-15(24(26)27)9-13(17)10-22/h2-9H,11H2,1H3,(H,23,25). The molecule has 1 amide bonds. The van der Waals surface area contributed by atoms with E-state index in [9.17, 15) is 14.9 Å². The Bertz CT molecular complexity index is 1130. The van der Waals surface area contributed by atoms with Crippen LogP contribution in [-0.2, 0) is 6.61 Å². The molecular formula is C20H14ClN3O5. The van der Waals surface area contributed by atoms with Crippen LogP contribution in [0.4, 0.5) is 11.4 Å². The lowest BCUT2D eigenvalue weighted by Crippen LogP contribution is -2.12. The minimum absolute atomic E-state index is 0.0127. The first-order valence-electron chi connectivity index (χ1n) is 8.35.